The second kappa shape index (κ2) is 14.3. The van der Waals surface area contributed by atoms with Gasteiger partial charge in [-0.1, -0.05) is 29.3 Å². The molecule has 0 aliphatic heterocycles. The summed E-state index contributed by atoms with van der Waals surface area (Å²) < 4.78 is 11.1. The lowest BCUT2D eigenvalue weighted by atomic mass is 10.1. The number of unbranched alkanes of at least 4 members (excludes halogenated alkanes) is 1. The summed E-state index contributed by atoms with van der Waals surface area (Å²) in [7, 11) is 0. The molecule has 0 bridgehead atoms. The van der Waals surface area contributed by atoms with Gasteiger partial charge in [-0.25, -0.2) is 4.79 Å². The fourth-order valence-electron chi connectivity index (χ4n) is 3.03. The minimum absolute atomic E-state index is 0.0135. The maximum absolute atomic E-state index is 12.1. The largest absolute Gasteiger partial charge is 0.462 e. The van der Waals surface area contributed by atoms with Crippen molar-refractivity contribution in [1.29, 1.82) is 0 Å². The highest BCUT2D eigenvalue weighted by atomic mass is 79.9. The Hall–Kier alpha value is -3.20. The van der Waals surface area contributed by atoms with E-state index in [1.54, 1.807) is 30.3 Å². The van der Waals surface area contributed by atoms with Crippen LogP contribution in [0.4, 0.5) is 11.4 Å². The lowest BCUT2D eigenvalue weighted by Gasteiger charge is -2.12. The van der Waals surface area contributed by atoms with E-state index in [-0.39, 0.29) is 25.2 Å². The minimum atomic E-state index is -0.553. The molecule has 2 rings (SSSR count). The number of amides is 2. The first kappa shape index (κ1) is 28.0. The fraction of sp³-hybridized carbons (Fsp3) is 0.385. The van der Waals surface area contributed by atoms with Crippen molar-refractivity contribution < 1.29 is 28.7 Å². The lowest BCUT2D eigenvalue weighted by molar-refractivity contribution is -0.147. The van der Waals surface area contributed by atoms with Crippen LogP contribution in [0.5, 0.6) is 0 Å². The second-order valence-electron chi connectivity index (χ2n) is 8.02. The number of carbonyl (C=O) groups is 4. The highest BCUT2D eigenvalue weighted by molar-refractivity contribution is 9.10. The molecule has 2 N–H and O–H groups in total. The molecule has 35 heavy (non-hydrogen) atoms. The van der Waals surface area contributed by atoms with E-state index in [9.17, 15) is 19.2 Å². The molecule has 2 aromatic rings. The number of anilines is 2. The van der Waals surface area contributed by atoms with Crippen LogP contribution in [0.2, 0.25) is 0 Å². The smallest absolute Gasteiger partial charge is 0.338 e. The van der Waals surface area contributed by atoms with Gasteiger partial charge in [-0.3, -0.25) is 14.4 Å². The molecule has 0 saturated carbocycles. The first-order valence-corrected chi connectivity index (χ1v) is 12.3. The Labute approximate surface area is 213 Å². The number of esters is 2. The molecule has 9 heteroatoms. The predicted molar refractivity (Wildman–Crippen MR) is 137 cm³/mol. The van der Waals surface area contributed by atoms with Crippen molar-refractivity contribution in [3.63, 3.8) is 0 Å². The zero-order valence-electron chi connectivity index (χ0n) is 20.2. The molecule has 0 radical (unpaired) electrons. The van der Waals surface area contributed by atoms with Gasteiger partial charge in [0.1, 0.15) is 0 Å². The topological polar surface area (TPSA) is 111 Å². The van der Waals surface area contributed by atoms with Crippen LogP contribution in [-0.4, -0.2) is 37.0 Å². The van der Waals surface area contributed by atoms with E-state index in [2.05, 4.69) is 26.6 Å². The summed E-state index contributed by atoms with van der Waals surface area (Å²) in [6, 6.07) is 10.0. The molecular formula is C26H31BrN2O6. The van der Waals surface area contributed by atoms with Crippen LogP contribution in [-0.2, 0) is 23.9 Å². The summed E-state index contributed by atoms with van der Waals surface area (Å²) in [4.78, 5) is 48.0. The molecule has 0 atom stereocenters. The van der Waals surface area contributed by atoms with Gasteiger partial charge in [0.15, 0.2) is 6.61 Å². The Morgan fingerprint density at radius 1 is 0.829 bits per heavy atom. The molecule has 0 spiro atoms. The molecule has 0 heterocycles. The summed E-state index contributed by atoms with van der Waals surface area (Å²) in [5, 5.41) is 5.44. The van der Waals surface area contributed by atoms with E-state index in [0.29, 0.717) is 23.5 Å². The zero-order valence-corrected chi connectivity index (χ0v) is 21.8. The van der Waals surface area contributed by atoms with Gasteiger partial charge in [-0.2, -0.15) is 0 Å². The molecule has 2 amide bonds. The maximum Gasteiger partial charge on any atom is 0.338 e. The molecule has 0 saturated heterocycles. The van der Waals surface area contributed by atoms with E-state index >= 15 is 0 Å². The van der Waals surface area contributed by atoms with Gasteiger partial charge in [0, 0.05) is 28.7 Å². The molecule has 8 nitrogen and oxygen atoms in total. The Morgan fingerprint density at radius 2 is 1.54 bits per heavy atom. The van der Waals surface area contributed by atoms with Gasteiger partial charge in [0.2, 0.25) is 5.91 Å². The molecule has 0 aliphatic carbocycles. The molecule has 2 aromatic carbocycles. The van der Waals surface area contributed by atoms with Crippen LogP contribution < -0.4 is 10.6 Å². The highest BCUT2D eigenvalue weighted by Gasteiger charge is 2.12. The van der Waals surface area contributed by atoms with Crippen molar-refractivity contribution in [2.75, 3.05) is 23.8 Å². The predicted octanol–water partition coefficient (Wildman–Crippen LogP) is 5.31. The van der Waals surface area contributed by atoms with E-state index < -0.39 is 24.5 Å². The lowest BCUT2D eigenvalue weighted by Crippen LogP contribution is -2.21. The van der Waals surface area contributed by atoms with Gasteiger partial charge in [-0.05, 0) is 74.2 Å². The fourth-order valence-corrected chi connectivity index (χ4v) is 3.46. The van der Waals surface area contributed by atoms with E-state index in [1.165, 1.54) is 0 Å². The number of hydrogen-bond acceptors (Lipinski definition) is 6. The SMILES string of the molecule is CCCCOC(=O)c1ccc(NC(=O)CCCC(=O)OCC(=O)Nc2ccc(Br)c(C)c2C)cc1. The van der Waals surface area contributed by atoms with Crippen molar-refractivity contribution in [3.8, 4) is 0 Å². The van der Waals surface area contributed by atoms with Gasteiger partial charge in [-0.15, -0.1) is 0 Å². The molecule has 0 aromatic heterocycles. The summed E-state index contributed by atoms with van der Waals surface area (Å²) in [5.74, 6) is -1.65. The Balaban J connectivity index is 1.67. The Bertz CT molecular complexity index is 1050. The third kappa shape index (κ3) is 9.52. The summed E-state index contributed by atoms with van der Waals surface area (Å²) >= 11 is 3.44. The van der Waals surface area contributed by atoms with Crippen LogP contribution >= 0.6 is 15.9 Å². The molecule has 0 unspecified atom stereocenters. The first-order chi connectivity index (χ1) is 16.7. The number of carbonyl (C=O) groups excluding carboxylic acids is 4. The monoisotopic (exact) mass is 546 g/mol. The number of rotatable bonds is 12. The highest BCUT2D eigenvalue weighted by Crippen LogP contribution is 2.25. The van der Waals surface area contributed by atoms with Gasteiger partial charge < -0.3 is 20.1 Å². The van der Waals surface area contributed by atoms with Crippen LogP contribution in [0.25, 0.3) is 0 Å². The van der Waals surface area contributed by atoms with Gasteiger partial charge >= 0.3 is 11.9 Å². The standard InChI is InChI=1S/C26H31BrN2O6/c1-4-5-15-34-26(33)19-9-11-20(12-10-19)28-23(30)7-6-8-25(32)35-16-24(31)29-22-14-13-21(27)17(2)18(22)3/h9-14H,4-8,15-16H2,1-3H3,(H,28,30)(H,29,31). The molecule has 0 fully saturated rings. The Morgan fingerprint density at radius 3 is 2.23 bits per heavy atom. The number of hydrogen-bond donors (Lipinski definition) is 2. The van der Waals surface area contributed by atoms with Crippen molar-refractivity contribution in [2.24, 2.45) is 0 Å². The molecule has 0 aliphatic rings. The number of benzene rings is 2. The van der Waals surface area contributed by atoms with Gasteiger partial charge in [0.25, 0.3) is 5.91 Å². The van der Waals surface area contributed by atoms with Crippen LogP contribution in [0.3, 0.4) is 0 Å². The van der Waals surface area contributed by atoms with Crippen molar-refractivity contribution in [2.45, 2.75) is 52.9 Å². The van der Waals surface area contributed by atoms with Crippen LogP contribution in [0.1, 0.15) is 60.5 Å². The van der Waals surface area contributed by atoms with E-state index in [1.807, 2.05) is 26.8 Å². The van der Waals surface area contributed by atoms with Crippen molar-refractivity contribution in [1.82, 2.24) is 0 Å². The average Bonchev–Trinajstić information content (AvgIpc) is 2.83. The Kier molecular flexibility index (Phi) is 11.4. The number of halogens is 1. The van der Waals surface area contributed by atoms with Crippen LogP contribution in [0, 0.1) is 13.8 Å². The number of nitrogens with one attached hydrogen (secondary N) is 2. The third-order valence-corrected chi connectivity index (χ3v) is 6.14. The summed E-state index contributed by atoms with van der Waals surface area (Å²) in [5.41, 5.74) is 3.55. The average molecular weight is 547 g/mol. The van der Waals surface area contributed by atoms with E-state index in [0.717, 1.165) is 28.4 Å². The maximum atomic E-state index is 12.1. The molecule has 188 valence electrons. The zero-order chi connectivity index (χ0) is 25.8. The first-order valence-electron chi connectivity index (χ1n) is 11.5. The second-order valence-corrected chi connectivity index (χ2v) is 8.88. The summed E-state index contributed by atoms with van der Waals surface area (Å²) in [6.45, 7) is 5.83. The normalized spacial score (nSPS) is 10.4. The molecular weight excluding hydrogens is 516 g/mol. The third-order valence-electron chi connectivity index (χ3n) is 5.28. The van der Waals surface area contributed by atoms with Crippen molar-refractivity contribution in [3.05, 3.63) is 57.6 Å². The van der Waals surface area contributed by atoms with Crippen molar-refractivity contribution >= 4 is 51.1 Å². The van der Waals surface area contributed by atoms with Gasteiger partial charge in [0.05, 0.1) is 12.2 Å². The summed E-state index contributed by atoms with van der Waals surface area (Å²) in [6.07, 6.45) is 2.15. The number of ether oxygens (including phenoxy) is 2. The quantitative estimate of drug-likeness (QED) is 0.275. The minimum Gasteiger partial charge on any atom is -0.462 e. The van der Waals surface area contributed by atoms with E-state index in [4.69, 9.17) is 9.47 Å². The van der Waals surface area contributed by atoms with Crippen LogP contribution in [0.15, 0.2) is 40.9 Å².